The molecule has 1 aliphatic rings. The average Bonchev–Trinajstić information content (AvgIpc) is 2.34. The maximum absolute atomic E-state index is 12.6. The first kappa shape index (κ1) is 18.0. The number of benzene rings is 1. The summed E-state index contributed by atoms with van der Waals surface area (Å²) in [6.45, 7) is 3.47. The molecule has 4 nitrogen and oxygen atoms in total. The monoisotopic (exact) mass is 341 g/mol. The van der Waals surface area contributed by atoms with Gasteiger partial charge in [0.2, 0.25) is 5.91 Å². The zero-order valence-electron chi connectivity index (χ0n) is 13.2. The zero-order chi connectivity index (χ0) is 18.1. The molecule has 1 amide bonds. The Labute approximate surface area is 137 Å². The van der Waals surface area contributed by atoms with Crippen LogP contribution >= 0.6 is 0 Å². The van der Waals surface area contributed by atoms with E-state index < -0.39 is 41.0 Å². The normalized spacial score (nSPS) is 20.4. The van der Waals surface area contributed by atoms with Gasteiger partial charge in [-0.05, 0) is 38.0 Å². The summed E-state index contributed by atoms with van der Waals surface area (Å²) in [5.74, 6) is -3.00. The quantitative estimate of drug-likeness (QED) is 0.809. The molecule has 0 saturated heterocycles. The molecule has 0 aromatic heterocycles. The van der Waals surface area contributed by atoms with Crippen molar-refractivity contribution >= 4 is 11.9 Å². The van der Waals surface area contributed by atoms with E-state index in [0.29, 0.717) is 12.0 Å². The van der Waals surface area contributed by atoms with E-state index in [4.69, 9.17) is 5.11 Å². The Bertz CT molecular complexity index is 663. The number of carboxylic acid groups (broad SMARTS) is 1. The Kier molecular flexibility index (Phi) is 4.73. The SMILES string of the molecule is CC(C)(Cc1ccc(C(F)(F)F)cc1)NC(=O)[C@@H]1C=C[C@@H]1C(=O)O. The molecule has 0 radical (unpaired) electrons. The van der Waals surface area contributed by atoms with Crippen LogP contribution in [0.3, 0.4) is 0 Å². The molecular weight excluding hydrogens is 323 g/mol. The van der Waals surface area contributed by atoms with Crippen LogP contribution in [0.4, 0.5) is 13.2 Å². The fourth-order valence-electron chi connectivity index (χ4n) is 2.60. The van der Waals surface area contributed by atoms with E-state index >= 15 is 0 Å². The number of carbonyl (C=O) groups excluding carboxylic acids is 1. The number of aliphatic carboxylic acids is 1. The van der Waals surface area contributed by atoms with Gasteiger partial charge in [0.05, 0.1) is 17.4 Å². The lowest BCUT2D eigenvalue weighted by molar-refractivity contribution is -0.145. The van der Waals surface area contributed by atoms with Crippen LogP contribution < -0.4 is 5.32 Å². The van der Waals surface area contributed by atoms with Crippen molar-refractivity contribution in [2.75, 3.05) is 0 Å². The number of carboxylic acids is 1. The maximum Gasteiger partial charge on any atom is 0.416 e. The van der Waals surface area contributed by atoms with Crippen LogP contribution in [-0.4, -0.2) is 22.5 Å². The van der Waals surface area contributed by atoms with Crippen molar-refractivity contribution in [2.24, 2.45) is 11.8 Å². The Morgan fingerprint density at radius 1 is 1.08 bits per heavy atom. The summed E-state index contributed by atoms with van der Waals surface area (Å²) in [6, 6.07) is 4.75. The molecule has 2 N–H and O–H groups in total. The molecular formula is C17H18F3NO3. The Morgan fingerprint density at radius 3 is 2.04 bits per heavy atom. The second-order valence-corrected chi connectivity index (χ2v) is 6.52. The first-order valence-corrected chi connectivity index (χ1v) is 7.39. The van der Waals surface area contributed by atoms with Gasteiger partial charge in [-0.1, -0.05) is 24.3 Å². The highest BCUT2D eigenvalue weighted by Crippen LogP contribution is 2.30. The smallest absolute Gasteiger partial charge is 0.416 e. The van der Waals surface area contributed by atoms with Gasteiger partial charge < -0.3 is 10.4 Å². The molecule has 1 aliphatic carbocycles. The molecule has 1 aromatic rings. The summed E-state index contributed by atoms with van der Waals surface area (Å²) in [4.78, 5) is 23.1. The van der Waals surface area contributed by atoms with Crippen LogP contribution in [-0.2, 0) is 22.2 Å². The Morgan fingerprint density at radius 2 is 1.62 bits per heavy atom. The second-order valence-electron chi connectivity index (χ2n) is 6.52. The number of rotatable bonds is 5. The Balaban J connectivity index is 1.99. The molecule has 0 aliphatic heterocycles. The summed E-state index contributed by atoms with van der Waals surface area (Å²) < 4.78 is 37.7. The van der Waals surface area contributed by atoms with E-state index in [2.05, 4.69) is 5.32 Å². The number of hydrogen-bond donors (Lipinski definition) is 2. The summed E-state index contributed by atoms with van der Waals surface area (Å²) in [6.07, 6.45) is -1.08. The van der Waals surface area contributed by atoms with Gasteiger partial charge in [0.15, 0.2) is 0 Å². The molecule has 24 heavy (non-hydrogen) atoms. The predicted octanol–water partition coefficient (Wildman–Crippen LogP) is 3.03. The minimum Gasteiger partial charge on any atom is -0.481 e. The van der Waals surface area contributed by atoms with Gasteiger partial charge in [-0.15, -0.1) is 0 Å². The molecule has 0 fully saturated rings. The molecule has 0 saturated carbocycles. The summed E-state index contributed by atoms with van der Waals surface area (Å²) >= 11 is 0. The van der Waals surface area contributed by atoms with Crippen molar-refractivity contribution in [1.29, 1.82) is 0 Å². The van der Waals surface area contributed by atoms with Crippen molar-refractivity contribution in [3.05, 3.63) is 47.5 Å². The second kappa shape index (κ2) is 6.30. The van der Waals surface area contributed by atoms with Crippen LogP contribution in [0.1, 0.15) is 25.0 Å². The van der Waals surface area contributed by atoms with E-state index in [1.165, 1.54) is 24.3 Å². The van der Waals surface area contributed by atoms with Gasteiger partial charge in [0.25, 0.3) is 0 Å². The highest BCUT2D eigenvalue weighted by atomic mass is 19.4. The lowest BCUT2D eigenvalue weighted by Crippen LogP contribution is -2.50. The van der Waals surface area contributed by atoms with Crippen molar-refractivity contribution < 1.29 is 27.9 Å². The molecule has 7 heteroatoms. The van der Waals surface area contributed by atoms with Gasteiger partial charge in [0, 0.05) is 5.54 Å². The molecule has 2 atom stereocenters. The number of nitrogens with one attached hydrogen (secondary N) is 1. The lowest BCUT2D eigenvalue weighted by atomic mass is 9.80. The van der Waals surface area contributed by atoms with Crippen molar-refractivity contribution in [1.82, 2.24) is 5.32 Å². The number of halogens is 3. The molecule has 0 unspecified atom stereocenters. The van der Waals surface area contributed by atoms with Crippen LogP contribution in [0, 0.1) is 11.8 Å². The summed E-state index contributed by atoms with van der Waals surface area (Å²) in [7, 11) is 0. The Hall–Kier alpha value is -2.31. The summed E-state index contributed by atoms with van der Waals surface area (Å²) in [5, 5.41) is 11.7. The predicted molar refractivity (Wildman–Crippen MR) is 81.1 cm³/mol. The van der Waals surface area contributed by atoms with E-state index in [1.807, 2.05) is 0 Å². The third-order valence-electron chi connectivity index (χ3n) is 3.89. The van der Waals surface area contributed by atoms with Gasteiger partial charge in [-0.2, -0.15) is 13.2 Å². The first-order valence-electron chi connectivity index (χ1n) is 7.39. The largest absolute Gasteiger partial charge is 0.481 e. The average molecular weight is 341 g/mol. The minimum atomic E-state index is -4.38. The van der Waals surface area contributed by atoms with E-state index in [1.54, 1.807) is 13.8 Å². The van der Waals surface area contributed by atoms with Gasteiger partial charge in [-0.3, -0.25) is 9.59 Å². The van der Waals surface area contributed by atoms with E-state index in [9.17, 15) is 22.8 Å². The molecule has 2 rings (SSSR count). The van der Waals surface area contributed by atoms with E-state index in [-0.39, 0.29) is 0 Å². The number of hydrogen-bond acceptors (Lipinski definition) is 2. The number of alkyl halides is 3. The number of carbonyl (C=O) groups is 2. The molecule has 0 spiro atoms. The van der Waals surface area contributed by atoms with Crippen molar-refractivity contribution in [2.45, 2.75) is 32.0 Å². The number of amides is 1. The van der Waals surface area contributed by atoms with Crippen LogP contribution in [0.5, 0.6) is 0 Å². The van der Waals surface area contributed by atoms with Gasteiger partial charge >= 0.3 is 12.1 Å². The minimum absolute atomic E-state index is 0.324. The third-order valence-corrected chi connectivity index (χ3v) is 3.89. The molecule has 130 valence electrons. The van der Waals surface area contributed by atoms with Crippen LogP contribution in [0.2, 0.25) is 0 Å². The molecule has 0 bridgehead atoms. The lowest BCUT2D eigenvalue weighted by Gasteiger charge is -2.32. The van der Waals surface area contributed by atoms with Gasteiger partial charge in [-0.25, -0.2) is 0 Å². The third kappa shape index (κ3) is 4.15. The molecule has 1 aromatic carbocycles. The van der Waals surface area contributed by atoms with Gasteiger partial charge in [0.1, 0.15) is 0 Å². The van der Waals surface area contributed by atoms with Crippen molar-refractivity contribution in [3.63, 3.8) is 0 Å². The van der Waals surface area contributed by atoms with E-state index in [0.717, 1.165) is 12.1 Å². The van der Waals surface area contributed by atoms with Crippen LogP contribution in [0.25, 0.3) is 0 Å². The summed E-state index contributed by atoms with van der Waals surface area (Å²) in [5.41, 5.74) is -0.798. The topological polar surface area (TPSA) is 66.4 Å². The fraction of sp³-hybridized carbons (Fsp3) is 0.412. The standard InChI is InChI=1S/C17H18F3NO3/c1-16(2,21-14(22)12-7-8-13(12)15(23)24)9-10-3-5-11(6-4-10)17(18,19)20/h3-8,12-13H,9H2,1-2H3,(H,21,22)(H,23,24)/t12-,13+/m1/s1. The van der Waals surface area contributed by atoms with Crippen molar-refractivity contribution in [3.8, 4) is 0 Å². The first-order chi connectivity index (χ1) is 11.0. The highest BCUT2D eigenvalue weighted by Gasteiger charge is 2.37. The fourth-order valence-corrected chi connectivity index (χ4v) is 2.60. The van der Waals surface area contributed by atoms with Crippen LogP contribution in [0.15, 0.2) is 36.4 Å². The zero-order valence-corrected chi connectivity index (χ0v) is 13.2. The molecule has 0 heterocycles. The maximum atomic E-state index is 12.6. The highest BCUT2D eigenvalue weighted by molar-refractivity contribution is 5.90.